The third-order valence-electron chi connectivity index (χ3n) is 6.18. The van der Waals surface area contributed by atoms with E-state index in [2.05, 4.69) is 51.8 Å². The molecular weight excluding hydrogens is 492 g/mol. The summed E-state index contributed by atoms with van der Waals surface area (Å²) in [6.07, 6.45) is 5.36. The molecule has 1 aliphatic carbocycles. The standard InChI is InChI=1S/C31H36N4O4/c1-21-12-14-22(15-13-21)25-9-5-6-10-26(25)29(36)34-24-16-17-28(32-20-24)38-19-18-23-8-7-11-27(33-23)35-30(37)39-31(2,3)4/h7-8,11-17,20H,5-6,9-10,18-19H2,1-4H3,(H,34,36)(H,33,35,37). The van der Waals surface area contributed by atoms with E-state index in [1.54, 1.807) is 45.2 Å². The second kappa shape index (κ2) is 12.6. The number of aromatic nitrogens is 2. The molecule has 0 atom stereocenters. The Morgan fingerprint density at radius 1 is 0.949 bits per heavy atom. The first-order valence-corrected chi connectivity index (χ1v) is 13.3. The van der Waals surface area contributed by atoms with Gasteiger partial charge < -0.3 is 14.8 Å². The van der Waals surface area contributed by atoms with E-state index in [9.17, 15) is 9.59 Å². The SMILES string of the molecule is Cc1ccc(C2=C(C(=O)Nc3ccc(OCCc4cccc(NC(=O)OC(C)(C)C)n4)nc3)CCCC2)cc1. The number of aryl methyl sites for hydroxylation is 1. The predicted molar refractivity (Wildman–Crippen MR) is 153 cm³/mol. The zero-order valence-corrected chi connectivity index (χ0v) is 23.0. The normalized spacial score (nSPS) is 13.5. The summed E-state index contributed by atoms with van der Waals surface area (Å²) in [6, 6.07) is 17.3. The van der Waals surface area contributed by atoms with Crippen LogP contribution in [0.25, 0.3) is 5.57 Å². The van der Waals surface area contributed by atoms with Crippen LogP contribution in [0.5, 0.6) is 5.88 Å². The van der Waals surface area contributed by atoms with Crippen molar-refractivity contribution in [3.05, 3.63) is 83.2 Å². The first kappa shape index (κ1) is 27.8. The fraction of sp³-hybridized carbons (Fsp3) is 0.355. The van der Waals surface area contributed by atoms with Gasteiger partial charge in [-0.15, -0.1) is 0 Å². The fourth-order valence-electron chi connectivity index (χ4n) is 4.33. The molecule has 0 saturated heterocycles. The number of rotatable bonds is 8. The molecule has 8 heteroatoms. The minimum atomic E-state index is -0.585. The van der Waals surface area contributed by atoms with Gasteiger partial charge in [0.2, 0.25) is 5.88 Å². The number of hydrogen-bond donors (Lipinski definition) is 2. The van der Waals surface area contributed by atoms with Crippen LogP contribution in [0.15, 0.2) is 66.4 Å². The number of carbonyl (C=O) groups is 2. The lowest BCUT2D eigenvalue weighted by Crippen LogP contribution is -2.27. The molecule has 0 unspecified atom stereocenters. The first-order chi connectivity index (χ1) is 18.7. The molecule has 0 bridgehead atoms. The number of amides is 2. The molecule has 8 nitrogen and oxygen atoms in total. The number of nitrogens with one attached hydrogen (secondary N) is 2. The summed E-state index contributed by atoms with van der Waals surface area (Å²) in [5, 5.41) is 5.64. The lowest BCUT2D eigenvalue weighted by atomic mass is 9.86. The Kier molecular flexibility index (Phi) is 8.96. The number of carbonyl (C=O) groups excluding carboxylic acids is 2. The van der Waals surface area contributed by atoms with Crippen LogP contribution in [-0.4, -0.2) is 34.2 Å². The third kappa shape index (κ3) is 8.40. The van der Waals surface area contributed by atoms with E-state index in [0.29, 0.717) is 30.4 Å². The van der Waals surface area contributed by atoms with E-state index in [0.717, 1.165) is 48.1 Å². The summed E-state index contributed by atoms with van der Waals surface area (Å²) in [5.74, 6) is 0.790. The van der Waals surface area contributed by atoms with Gasteiger partial charge in [-0.3, -0.25) is 10.1 Å². The van der Waals surface area contributed by atoms with Gasteiger partial charge in [0.25, 0.3) is 5.91 Å². The Labute approximate surface area is 229 Å². The van der Waals surface area contributed by atoms with Crippen LogP contribution in [0.3, 0.4) is 0 Å². The van der Waals surface area contributed by atoms with E-state index < -0.39 is 11.7 Å². The smallest absolute Gasteiger partial charge is 0.413 e. The highest BCUT2D eigenvalue weighted by atomic mass is 16.6. The zero-order valence-electron chi connectivity index (χ0n) is 23.0. The van der Waals surface area contributed by atoms with E-state index >= 15 is 0 Å². The second-order valence-corrected chi connectivity index (χ2v) is 10.6. The number of benzene rings is 1. The van der Waals surface area contributed by atoms with Crippen LogP contribution >= 0.6 is 0 Å². The summed E-state index contributed by atoms with van der Waals surface area (Å²) in [6.45, 7) is 7.83. The minimum absolute atomic E-state index is 0.0771. The summed E-state index contributed by atoms with van der Waals surface area (Å²) < 4.78 is 11.0. The number of hydrogen-bond acceptors (Lipinski definition) is 6. The summed E-state index contributed by atoms with van der Waals surface area (Å²) in [5.41, 5.74) is 5.10. The second-order valence-electron chi connectivity index (χ2n) is 10.6. The van der Waals surface area contributed by atoms with Crippen LogP contribution in [0.1, 0.15) is 63.3 Å². The number of nitrogens with zero attached hydrogens (tertiary/aromatic N) is 2. The number of allylic oxidation sites excluding steroid dienone is 1. The van der Waals surface area contributed by atoms with Crippen molar-refractivity contribution < 1.29 is 19.1 Å². The average molecular weight is 529 g/mol. The van der Waals surface area contributed by atoms with Crippen molar-refractivity contribution in [3.63, 3.8) is 0 Å². The van der Waals surface area contributed by atoms with Crippen molar-refractivity contribution in [1.29, 1.82) is 0 Å². The molecule has 2 heterocycles. The maximum Gasteiger partial charge on any atom is 0.413 e. The van der Waals surface area contributed by atoms with Crippen LogP contribution in [0, 0.1) is 6.92 Å². The molecule has 0 fully saturated rings. The lowest BCUT2D eigenvalue weighted by Gasteiger charge is -2.20. The van der Waals surface area contributed by atoms with E-state index in [1.807, 2.05) is 12.1 Å². The first-order valence-electron chi connectivity index (χ1n) is 13.3. The molecule has 1 aliphatic rings. The molecule has 2 aromatic heterocycles. The number of anilines is 2. The predicted octanol–water partition coefficient (Wildman–Crippen LogP) is 6.72. The Hall–Kier alpha value is -4.20. The van der Waals surface area contributed by atoms with Gasteiger partial charge in [-0.2, -0.15) is 0 Å². The number of ether oxygens (including phenoxy) is 2. The van der Waals surface area contributed by atoms with Gasteiger partial charge >= 0.3 is 6.09 Å². The number of pyridine rings is 2. The molecule has 0 saturated carbocycles. The van der Waals surface area contributed by atoms with Crippen LogP contribution in [0.4, 0.5) is 16.3 Å². The van der Waals surface area contributed by atoms with Gasteiger partial charge in [0.05, 0.1) is 18.5 Å². The van der Waals surface area contributed by atoms with Gasteiger partial charge in [-0.25, -0.2) is 14.8 Å². The van der Waals surface area contributed by atoms with Crippen molar-refractivity contribution in [3.8, 4) is 5.88 Å². The molecule has 204 valence electrons. The van der Waals surface area contributed by atoms with Gasteiger partial charge in [-0.05, 0) is 82.7 Å². The van der Waals surface area contributed by atoms with E-state index in [1.165, 1.54) is 5.56 Å². The van der Waals surface area contributed by atoms with E-state index in [-0.39, 0.29) is 5.91 Å². The van der Waals surface area contributed by atoms with E-state index in [4.69, 9.17) is 9.47 Å². The van der Waals surface area contributed by atoms with Crippen LogP contribution in [0.2, 0.25) is 0 Å². The maximum absolute atomic E-state index is 13.1. The minimum Gasteiger partial charge on any atom is -0.477 e. The van der Waals surface area contributed by atoms with Crippen LogP contribution < -0.4 is 15.4 Å². The maximum atomic E-state index is 13.1. The lowest BCUT2D eigenvalue weighted by molar-refractivity contribution is -0.113. The highest BCUT2D eigenvalue weighted by molar-refractivity contribution is 6.09. The summed E-state index contributed by atoms with van der Waals surface area (Å²) in [4.78, 5) is 33.9. The van der Waals surface area contributed by atoms with Gasteiger partial charge in [-0.1, -0.05) is 35.9 Å². The summed E-state index contributed by atoms with van der Waals surface area (Å²) >= 11 is 0. The zero-order chi connectivity index (χ0) is 27.8. The largest absolute Gasteiger partial charge is 0.477 e. The molecule has 2 N–H and O–H groups in total. The topological polar surface area (TPSA) is 102 Å². The molecule has 1 aromatic carbocycles. The molecule has 0 radical (unpaired) electrons. The quantitative estimate of drug-likeness (QED) is 0.336. The van der Waals surface area contributed by atoms with Crippen molar-refractivity contribution in [2.75, 3.05) is 17.2 Å². The average Bonchev–Trinajstić information content (AvgIpc) is 2.89. The highest BCUT2D eigenvalue weighted by Crippen LogP contribution is 2.33. The Morgan fingerprint density at radius 3 is 2.44 bits per heavy atom. The van der Waals surface area contributed by atoms with Crippen molar-refractivity contribution in [2.24, 2.45) is 0 Å². The molecule has 4 rings (SSSR count). The highest BCUT2D eigenvalue weighted by Gasteiger charge is 2.21. The fourth-order valence-corrected chi connectivity index (χ4v) is 4.33. The summed E-state index contributed by atoms with van der Waals surface area (Å²) in [7, 11) is 0. The van der Waals surface area contributed by atoms with Crippen molar-refractivity contribution in [1.82, 2.24) is 9.97 Å². The Bertz CT molecular complexity index is 1330. The van der Waals surface area contributed by atoms with Gasteiger partial charge in [0, 0.05) is 23.8 Å². The molecule has 0 aliphatic heterocycles. The molecule has 3 aromatic rings. The van der Waals surface area contributed by atoms with Crippen LogP contribution in [-0.2, 0) is 16.0 Å². The monoisotopic (exact) mass is 528 g/mol. The van der Waals surface area contributed by atoms with Gasteiger partial charge in [0.15, 0.2) is 0 Å². The molecule has 39 heavy (non-hydrogen) atoms. The third-order valence-corrected chi connectivity index (χ3v) is 6.18. The molecular formula is C31H36N4O4. The van der Waals surface area contributed by atoms with Crippen molar-refractivity contribution >= 4 is 29.1 Å². The van der Waals surface area contributed by atoms with Crippen molar-refractivity contribution in [2.45, 2.75) is 65.4 Å². The molecule has 0 spiro atoms. The Morgan fingerprint density at radius 2 is 1.72 bits per heavy atom. The Balaban J connectivity index is 1.30. The molecule has 2 amide bonds. The van der Waals surface area contributed by atoms with Gasteiger partial charge in [0.1, 0.15) is 11.4 Å².